The molecule has 0 aliphatic heterocycles. The molecule has 0 spiro atoms. The Kier molecular flexibility index (Phi) is 6.08. The van der Waals surface area contributed by atoms with Gasteiger partial charge < -0.3 is 19.5 Å². The molecule has 0 radical (unpaired) electrons. The van der Waals surface area contributed by atoms with Crippen molar-refractivity contribution in [3.05, 3.63) is 34.6 Å². The van der Waals surface area contributed by atoms with E-state index in [9.17, 15) is 9.59 Å². The van der Waals surface area contributed by atoms with Gasteiger partial charge in [-0.15, -0.1) is 0 Å². The monoisotopic (exact) mass is 387 g/mol. The third kappa shape index (κ3) is 3.65. The number of benzene rings is 1. The number of amides is 1. The first-order valence-electron chi connectivity index (χ1n) is 9.83. The Morgan fingerprint density at radius 1 is 1.18 bits per heavy atom. The van der Waals surface area contributed by atoms with Crippen LogP contribution in [0.5, 0.6) is 5.75 Å². The first kappa shape index (κ1) is 20.4. The number of Topliss-reactive ketones (excluding diaryl/α,β-unsaturated/α-hetero) is 1. The molecule has 0 saturated heterocycles. The fourth-order valence-electron chi connectivity index (χ4n) is 4.51. The first-order chi connectivity index (χ1) is 13.4. The van der Waals surface area contributed by atoms with Crippen LogP contribution in [0.3, 0.4) is 0 Å². The maximum atomic E-state index is 13.5. The molecule has 1 fully saturated rings. The number of aryl methyl sites for hydroxylation is 2. The molecule has 1 saturated carbocycles. The van der Waals surface area contributed by atoms with E-state index in [-0.39, 0.29) is 23.7 Å². The molecule has 3 rings (SSSR count). The van der Waals surface area contributed by atoms with Crippen molar-refractivity contribution in [3.63, 3.8) is 0 Å². The summed E-state index contributed by atoms with van der Waals surface area (Å²) in [6.45, 7) is 6.23. The summed E-state index contributed by atoms with van der Waals surface area (Å²) in [5.41, 5.74) is 3.18. The molecule has 1 N–H and O–H groups in total. The third-order valence-corrected chi connectivity index (χ3v) is 5.74. The smallest absolute Gasteiger partial charge is 0.412 e. The lowest BCUT2D eigenvalue weighted by atomic mass is 9.78. The highest BCUT2D eigenvalue weighted by Crippen LogP contribution is 2.50. The molecule has 0 bridgehead atoms. The Bertz CT molecular complexity index is 813. The molecule has 152 valence electrons. The molecule has 3 unspecified atom stereocenters. The fraction of sp³-hybridized carbons (Fsp3) is 0.545. The summed E-state index contributed by atoms with van der Waals surface area (Å²) in [5.74, 6) is 0.766. The zero-order valence-corrected chi connectivity index (χ0v) is 17.3. The van der Waals surface area contributed by atoms with E-state index in [4.69, 9.17) is 14.2 Å². The van der Waals surface area contributed by atoms with Crippen LogP contribution in [0.15, 0.2) is 17.9 Å². The second-order valence-electron chi connectivity index (χ2n) is 7.57. The largest absolute Gasteiger partial charge is 0.496 e. The highest BCUT2D eigenvalue weighted by Gasteiger charge is 2.48. The molecule has 1 aromatic carbocycles. The Morgan fingerprint density at radius 2 is 1.93 bits per heavy atom. The average Bonchev–Trinajstić information content (AvgIpc) is 2.92. The molecule has 6 nitrogen and oxygen atoms in total. The van der Waals surface area contributed by atoms with E-state index in [1.807, 2.05) is 32.9 Å². The van der Waals surface area contributed by atoms with Gasteiger partial charge in [0.05, 0.1) is 18.8 Å². The van der Waals surface area contributed by atoms with Crippen molar-refractivity contribution in [2.24, 2.45) is 11.8 Å². The summed E-state index contributed by atoms with van der Waals surface area (Å²) in [6, 6.07) is 3.92. The van der Waals surface area contributed by atoms with Crippen LogP contribution < -0.4 is 10.1 Å². The lowest BCUT2D eigenvalue weighted by molar-refractivity contribution is -0.120. The molecule has 2 aliphatic rings. The van der Waals surface area contributed by atoms with E-state index in [0.717, 1.165) is 29.5 Å². The third-order valence-electron chi connectivity index (χ3n) is 5.74. The Labute approximate surface area is 166 Å². The van der Waals surface area contributed by atoms with Gasteiger partial charge in [0.25, 0.3) is 0 Å². The van der Waals surface area contributed by atoms with Crippen molar-refractivity contribution in [1.29, 1.82) is 0 Å². The maximum Gasteiger partial charge on any atom is 0.412 e. The second-order valence-corrected chi connectivity index (χ2v) is 7.57. The number of fused-ring (bicyclic) bond motifs is 1. The van der Waals surface area contributed by atoms with Gasteiger partial charge in [-0.2, -0.15) is 0 Å². The van der Waals surface area contributed by atoms with Crippen LogP contribution in [-0.2, 0) is 14.3 Å². The van der Waals surface area contributed by atoms with Crippen molar-refractivity contribution in [2.75, 3.05) is 20.8 Å². The van der Waals surface area contributed by atoms with Gasteiger partial charge in [-0.3, -0.25) is 4.79 Å². The van der Waals surface area contributed by atoms with E-state index in [2.05, 4.69) is 5.32 Å². The number of carbonyl (C=O) groups excluding carboxylic acids is 2. The maximum absolute atomic E-state index is 13.5. The average molecular weight is 387 g/mol. The van der Waals surface area contributed by atoms with Crippen molar-refractivity contribution in [1.82, 2.24) is 5.32 Å². The number of methoxy groups -OCH3 is 2. The van der Waals surface area contributed by atoms with Crippen LogP contribution in [0.4, 0.5) is 4.79 Å². The summed E-state index contributed by atoms with van der Waals surface area (Å²) in [6.07, 6.45) is 1.75. The highest BCUT2D eigenvalue weighted by atomic mass is 16.6. The standard InChI is InChI=1S/C22H29NO5/c1-6-23-22(25)28-21-15-8-7-14(26-4)11-16(15)20(24)19(21)18-13(3)9-12(2)10-17(18)27-5/h9-10,14-16H,6-8,11H2,1-5H3,(H,23,25). The number of alkyl carbamates (subject to hydrolysis) is 1. The van der Waals surface area contributed by atoms with E-state index in [1.165, 1.54) is 0 Å². The predicted octanol–water partition coefficient (Wildman–Crippen LogP) is 3.78. The van der Waals surface area contributed by atoms with Gasteiger partial charge in [0.15, 0.2) is 5.78 Å². The quantitative estimate of drug-likeness (QED) is 0.832. The van der Waals surface area contributed by atoms with Crippen LogP contribution in [0.25, 0.3) is 5.57 Å². The molecule has 0 heterocycles. The van der Waals surface area contributed by atoms with Crippen molar-refractivity contribution in [2.45, 2.75) is 46.1 Å². The zero-order chi connectivity index (χ0) is 20.4. The van der Waals surface area contributed by atoms with Gasteiger partial charge in [0.2, 0.25) is 0 Å². The van der Waals surface area contributed by atoms with Crippen molar-refractivity contribution >= 4 is 17.4 Å². The lowest BCUT2D eigenvalue weighted by Gasteiger charge is -2.30. The number of ketones is 1. The summed E-state index contributed by atoms with van der Waals surface area (Å²) in [7, 11) is 3.27. The van der Waals surface area contributed by atoms with Gasteiger partial charge in [0.1, 0.15) is 11.5 Å². The highest BCUT2D eigenvalue weighted by molar-refractivity contribution is 6.26. The molecule has 6 heteroatoms. The van der Waals surface area contributed by atoms with Crippen LogP contribution in [0, 0.1) is 25.7 Å². The first-order valence-corrected chi connectivity index (χ1v) is 9.83. The topological polar surface area (TPSA) is 73.9 Å². The Morgan fingerprint density at radius 3 is 2.57 bits per heavy atom. The van der Waals surface area contributed by atoms with Crippen molar-refractivity contribution < 1.29 is 23.8 Å². The summed E-state index contributed by atoms with van der Waals surface area (Å²) < 4.78 is 16.8. The second kappa shape index (κ2) is 8.35. The molecule has 0 aromatic heterocycles. The lowest BCUT2D eigenvalue weighted by Crippen LogP contribution is -2.32. The molecule has 1 amide bonds. The van der Waals surface area contributed by atoms with Crippen LogP contribution in [0.2, 0.25) is 0 Å². The number of carbonyl (C=O) groups is 2. The predicted molar refractivity (Wildman–Crippen MR) is 106 cm³/mol. The Hall–Kier alpha value is -2.34. The molecule has 2 aliphatic carbocycles. The number of nitrogens with one attached hydrogen (secondary N) is 1. The number of rotatable bonds is 5. The minimum Gasteiger partial charge on any atom is -0.496 e. The van der Waals surface area contributed by atoms with E-state index < -0.39 is 6.09 Å². The van der Waals surface area contributed by atoms with Gasteiger partial charge >= 0.3 is 6.09 Å². The minimum atomic E-state index is -0.527. The van der Waals surface area contributed by atoms with Gasteiger partial charge in [-0.05, 0) is 57.2 Å². The van der Waals surface area contributed by atoms with Crippen LogP contribution in [0.1, 0.15) is 42.9 Å². The molecular weight excluding hydrogens is 358 g/mol. The van der Waals surface area contributed by atoms with Gasteiger partial charge in [0, 0.05) is 31.1 Å². The molecule has 1 aromatic rings. The number of ether oxygens (including phenoxy) is 3. The normalized spacial score (nSPS) is 24.2. The SMILES string of the molecule is CCNC(=O)OC1=C(c2c(C)cc(C)cc2OC)C(=O)C2CC(OC)CCC12. The van der Waals surface area contributed by atoms with Gasteiger partial charge in [-0.25, -0.2) is 4.79 Å². The van der Waals surface area contributed by atoms with E-state index in [0.29, 0.717) is 30.0 Å². The summed E-state index contributed by atoms with van der Waals surface area (Å²) >= 11 is 0. The fourth-order valence-corrected chi connectivity index (χ4v) is 4.51. The van der Waals surface area contributed by atoms with E-state index in [1.54, 1.807) is 14.2 Å². The van der Waals surface area contributed by atoms with Crippen LogP contribution >= 0.6 is 0 Å². The zero-order valence-electron chi connectivity index (χ0n) is 17.3. The number of allylic oxidation sites excluding steroid dienone is 2. The minimum absolute atomic E-state index is 0.0105. The molecule has 28 heavy (non-hydrogen) atoms. The van der Waals surface area contributed by atoms with Crippen molar-refractivity contribution in [3.8, 4) is 5.75 Å². The van der Waals surface area contributed by atoms with E-state index >= 15 is 0 Å². The number of hydrogen-bond acceptors (Lipinski definition) is 5. The van der Waals surface area contributed by atoms with Crippen LogP contribution in [-0.4, -0.2) is 38.7 Å². The molecular formula is C22H29NO5. The molecule has 3 atom stereocenters. The summed E-state index contributed by atoms with van der Waals surface area (Å²) in [5, 5.41) is 2.66. The number of hydrogen-bond donors (Lipinski definition) is 1. The Balaban J connectivity index is 2.13. The van der Waals surface area contributed by atoms with Gasteiger partial charge in [-0.1, -0.05) is 6.07 Å². The summed E-state index contributed by atoms with van der Waals surface area (Å²) in [4.78, 5) is 25.7.